The van der Waals surface area contributed by atoms with E-state index in [0.29, 0.717) is 45.6 Å². The molecule has 0 spiro atoms. The van der Waals surface area contributed by atoms with Gasteiger partial charge in [0.05, 0.1) is 18.6 Å². The van der Waals surface area contributed by atoms with E-state index >= 15 is 0 Å². The molecule has 1 N–H and O–H groups in total. The van der Waals surface area contributed by atoms with Crippen molar-refractivity contribution < 1.29 is 19.4 Å². The molecular weight excluding hydrogens is 270 g/mol. The monoisotopic (exact) mass is 293 g/mol. The number of aliphatic hydroxyl groups is 1. The smallest absolute Gasteiger partial charge is 0.225 e. The summed E-state index contributed by atoms with van der Waals surface area (Å²) in [5.74, 6) is 0.738. The van der Waals surface area contributed by atoms with Crippen LogP contribution in [0.5, 0.6) is 5.75 Å². The fourth-order valence-corrected chi connectivity index (χ4v) is 2.40. The average molecular weight is 293 g/mol. The fraction of sp³-hybridized carbons (Fsp3) is 0.562. The topological polar surface area (TPSA) is 59.0 Å². The van der Waals surface area contributed by atoms with E-state index in [9.17, 15) is 9.90 Å². The zero-order chi connectivity index (χ0) is 15.1. The van der Waals surface area contributed by atoms with E-state index in [1.807, 2.05) is 30.3 Å². The molecule has 1 amide bonds. The lowest BCUT2D eigenvalue weighted by atomic mass is 9.94. The minimum absolute atomic E-state index is 0.0224. The number of hydrogen-bond acceptors (Lipinski definition) is 4. The van der Waals surface area contributed by atoms with E-state index in [4.69, 9.17) is 9.47 Å². The molecule has 5 nitrogen and oxygen atoms in total. The van der Waals surface area contributed by atoms with Crippen molar-refractivity contribution in [2.45, 2.75) is 24.9 Å². The minimum Gasteiger partial charge on any atom is -0.493 e. The predicted molar refractivity (Wildman–Crippen MR) is 79.2 cm³/mol. The third-order valence-corrected chi connectivity index (χ3v) is 3.71. The van der Waals surface area contributed by atoms with Gasteiger partial charge in [0.15, 0.2) is 0 Å². The molecular formula is C16H23NO4. The van der Waals surface area contributed by atoms with Crippen LogP contribution >= 0.6 is 0 Å². The molecule has 1 aromatic carbocycles. The van der Waals surface area contributed by atoms with Crippen LogP contribution in [0.15, 0.2) is 30.3 Å². The summed E-state index contributed by atoms with van der Waals surface area (Å²) in [6.07, 6.45) is 1.45. The van der Waals surface area contributed by atoms with E-state index in [2.05, 4.69) is 0 Å². The van der Waals surface area contributed by atoms with Crippen molar-refractivity contribution in [3.63, 3.8) is 0 Å². The second kappa shape index (κ2) is 7.43. The van der Waals surface area contributed by atoms with Crippen molar-refractivity contribution in [3.05, 3.63) is 30.3 Å². The van der Waals surface area contributed by atoms with Crippen LogP contribution in [0.2, 0.25) is 0 Å². The molecule has 21 heavy (non-hydrogen) atoms. The normalized spacial score (nSPS) is 17.2. The van der Waals surface area contributed by atoms with Crippen LogP contribution in [0.3, 0.4) is 0 Å². The summed E-state index contributed by atoms with van der Waals surface area (Å²) in [7, 11) is 1.72. The van der Waals surface area contributed by atoms with Crippen LogP contribution in [0.25, 0.3) is 0 Å². The molecule has 0 unspecified atom stereocenters. The molecule has 116 valence electrons. The number of amides is 1. The highest BCUT2D eigenvalue weighted by atomic mass is 16.5. The van der Waals surface area contributed by atoms with Gasteiger partial charge in [-0.15, -0.1) is 0 Å². The molecule has 1 saturated heterocycles. The molecule has 1 heterocycles. The zero-order valence-corrected chi connectivity index (χ0v) is 12.5. The number of ether oxygens (including phenoxy) is 2. The Morgan fingerprint density at radius 1 is 1.33 bits per heavy atom. The van der Waals surface area contributed by atoms with Crippen molar-refractivity contribution >= 4 is 5.91 Å². The van der Waals surface area contributed by atoms with Gasteiger partial charge in [-0.25, -0.2) is 0 Å². The molecule has 2 rings (SSSR count). The van der Waals surface area contributed by atoms with Crippen molar-refractivity contribution in [3.8, 4) is 5.75 Å². The van der Waals surface area contributed by atoms with Gasteiger partial charge in [0.25, 0.3) is 0 Å². The Kier molecular flexibility index (Phi) is 5.59. The van der Waals surface area contributed by atoms with Crippen molar-refractivity contribution in [1.29, 1.82) is 0 Å². The largest absolute Gasteiger partial charge is 0.493 e. The number of hydrogen-bond donors (Lipinski definition) is 1. The van der Waals surface area contributed by atoms with Crippen LogP contribution in [-0.4, -0.2) is 54.9 Å². The van der Waals surface area contributed by atoms with E-state index in [0.717, 1.165) is 5.75 Å². The predicted octanol–water partition coefficient (Wildman–Crippen LogP) is 1.46. The van der Waals surface area contributed by atoms with E-state index in [-0.39, 0.29) is 5.91 Å². The van der Waals surface area contributed by atoms with E-state index in [1.54, 1.807) is 11.9 Å². The van der Waals surface area contributed by atoms with Gasteiger partial charge in [0.1, 0.15) is 5.75 Å². The zero-order valence-electron chi connectivity index (χ0n) is 12.5. The molecule has 0 radical (unpaired) electrons. The molecule has 1 aromatic rings. The molecule has 5 heteroatoms. The van der Waals surface area contributed by atoms with Crippen molar-refractivity contribution in [1.82, 2.24) is 4.90 Å². The van der Waals surface area contributed by atoms with Crippen molar-refractivity contribution in [2.24, 2.45) is 0 Å². The van der Waals surface area contributed by atoms with Crippen LogP contribution in [-0.2, 0) is 9.53 Å². The Hall–Kier alpha value is -1.59. The first kappa shape index (κ1) is 15.8. The highest BCUT2D eigenvalue weighted by Gasteiger charge is 2.32. The maximum absolute atomic E-state index is 12.1. The van der Waals surface area contributed by atoms with Gasteiger partial charge in [-0.05, 0) is 12.1 Å². The van der Waals surface area contributed by atoms with E-state index < -0.39 is 5.60 Å². The molecule has 1 aliphatic rings. The van der Waals surface area contributed by atoms with Gasteiger partial charge in [-0.3, -0.25) is 4.79 Å². The average Bonchev–Trinajstić information content (AvgIpc) is 2.48. The summed E-state index contributed by atoms with van der Waals surface area (Å²) in [6.45, 7) is 1.79. The molecule has 0 atom stereocenters. The van der Waals surface area contributed by atoms with Crippen LogP contribution < -0.4 is 4.74 Å². The van der Waals surface area contributed by atoms with Crippen LogP contribution in [0.1, 0.15) is 19.3 Å². The summed E-state index contributed by atoms with van der Waals surface area (Å²) >= 11 is 0. The fourth-order valence-electron chi connectivity index (χ4n) is 2.40. The number of rotatable bonds is 6. The number of likely N-dealkylation sites (N-methyl/N-ethyl adjacent to an activating group) is 1. The van der Waals surface area contributed by atoms with Gasteiger partial charge in [-0.1, -0.05) is 18.2 Å². The Balaban J connectivity index is 1.72. The van der Waals surface area contributed by atoms with Crippen LogP contribution in [0.4, 0.5) is 0 Å². The molecule has 1 fully saturated rings. The Bertz CT molecular complexity index is 443. The third-order valence-electron chi connectivity index (χ3n) is 3.71. The molecule has 1 aliphatic heterocycles. The summed E-state index contributed by atoms with van der Waals surface area (Å²) in [5.41, 5.74) is -0.817. The number of nitrogens with zero attached hydrogens (tertiary/aromatic N) is 1. The van der Waals surface area contributed by atoms with Gasteiger partial charge in [0.2, 0.25) is 5.91 Å². The molecule has 0 bridgehead atoms. The highest BCUT2D eigenvalue weighted by molar-refractivity contribution is 5.76. The molecule has 0 aromatic heterocycles. The van der Waals surface area contributed by atoms with Gasteiger partial charge in [0, 0.05) is 39.6 Å². The number of para-hydroxylation sites is 1. The van der Waals surface area contributed by atoms with Gasteiger partial charge in [-0.2, -0.15) is 0 Å². The quantitative estimate of drug-likeness (QED) is 0.862. The molecule has 0 aliphatic carbocycles. The third kappa shape index (κ3) is 5.02. The highest BCUT2D eigenvalue weighted by Crippen LogP contribution is 2.21. The number of benzene rings is 1. The maximum atomic E-state index is 12.1. The second-order valence-electron chi connectivity index (χ2n) is 5.50. The van der Waals surface area contributed by atoms with Crippen molar-refractivity contribution in [2.75, 3.05) is 33.4 Å². The Morgan fingerprint density at radius 3 is 2.67 bits per heavy atom. The summed E-state index contributed by atoms with van der Waals surface area (Å²) in [6, 6.07) is 9.42. The van der Waals surface area contributed by atoms with E-state index in [1.165, 1.54) is 0 Å². The minimum atomic E-state index is -0.817. The first-order chi connectivity index (χ1) is 10.1. The SMILES string of the molecule is CN(CC1(O)CCOCC1)C(=O)CCOc1ccccc1. The second-order valence-corrected chi connectivity index (χ2v) is 5.50. The lowest BCUT2D eigenvalue weighted by Gasteiger charge is -2.35. The van der Waals surface area contributed by atoms with Crippen LogP contribution in [0, 0.1) is 0 Å². The summed E-state index contributed by atoms with van der Waals surface area (Å²) in [4.78, 5) is 13.6. The van der Waals surface area contributed by atoms with Gasteiger partial charge < -0.3 is 19.5 Å². The summed E-state index contributed by atoms with van der Waals surface area (Å²) < 4.78 is 10.7. The number of carbonyl (C=O) groups excluding carboxylic acids is 1. The Labute approximate surface area is 125 Å². The summed E-state index contributed by atoms with van der Waals surface area (Å²) in [5, 5.41) is 10.4. The lowest BCUT2D eigenvalue weighted by molar-refractivity contribution is -0.137. The first-order valence-electron chi connectivity index (χ1n) is 7.31. The maximum Gasteiger partial charge on any atom is 0.225 e. The lowest BCUT2D eigenvalue weighted by Crippen LogP contribution is -2.47. The van der Waals surface area contributed by atoms with Gasteiger partial charge >= 0.3 is 0 Å². The number of carbonyl (C=O) groups is 1. The Morgan fingerprint density at radius 2 is 2.00 bits per heavy atom. The standard InChI is InChI=1S/C16H23NO4/c1-17(13-16(19)8-11-20-12-9-16)15(18)7-10-21-14-5-3-2-4-6-14/h2-6,19H,7-13H2,1H3. The first-order valence-corrected chi connectivity index (χ1v) is 7.31. The molecule has 0 saturated carbocycles.